The van der Waals surface area contributed by atoms with Crippen molar-refractivity contribution in [1.29, 1.82) is 0 Å². The zero-order valence-electron chi connectivity index (χ0n) is 16.7. The summed E-state index contributed by atoms with van der Waals surface area (Å²) < 4.78 is 1.89. The highest BCUT2D eigenvalue weighted by Gasteiger charge is 2.20. The van der Waals surface area contributed by atoms with Crippen LogP contribution in [0.4, 0.5) is 5.13 Å². The minimum absolute atomic E-state index is 0.161. The molecule has 0 aliphatic heterocycles. The minimum Gasteiger partial charge on any atom is -0.342 e. The van der Waals surface area contributed by atoms with Crippen molar-refractivity contribution in [2.24, 2.45) is 0 Å². The van der Waals surface area contributed by atoms with Gasteiger partial charge in [0.2, 0.25) is 5.91 Å². The van der Waals surface area contributed by atoms with Crippen LogP contribution >= 0.6 is 34.7 Å². The van der Waals surface area contributed by atoms with Crippen LogP contribution in [0.25, 0.3) is 0 Å². The van der Waals surface area contributed by atoms with Gasteiger partial charge in [0.05, 0.1) is 17.5 Å². The first-order valence-corrected chi connectivity index (χ1v) is 11.5. The van der Waals surface area contributed by atoms with Crippen LogP contribution in [0.3, 0.4) is 0 Å². The van der Waals surface area contributed by atoms with Crippen molar-refractivity contribution in [3.8, 4) is 0 Å². The van der Waals surface area contributed by atoms with Crippen LogP contribution in [0.2, 0.25) is 5.02 Å². The first-order chi connectivity index (χ1) is 14.4. The Morgan fingerprint density at radius 2 is 2.00 bits per heavy atom. The van der Waals surface area contributed by atoms with Gasteiger partial charge in [-0.05, 0) is 45.0 Å². The second-order valence-corrected chi connectivity index (χ2v) is 8.66. The lowest BCUT2D eigenvalue weighted by atomic mass is 10.2. The van der Waals surface area contributed by atoms with Gasteiger partial charge in [-0.1, -0.05) is 23.4 Å². The molecule has 2 amide bonds. The Hall–Kier alpha value is -2.43. The second-order valence-electron chi connectivity index (χ2n) is 6.42. The lowest BCUT2D eigenvalue weighted by Crippen LogP contribution is -2.28. The van der Waals surface area contributed by atoms with E-state index in [9.17, 15) is 9.59 Å². The Kier molecular flexibility index (Phi) is 7.46. The molecule has 1 aromatic carbocycles. The van der Waals surface area contributed by atoms with E-state index in [1.807, 2.05) is 30.7 Å². The van der Waals surface area contributed by atoms with E-state index in [1.165, 1.54) is 23.1 Å². The number of rotatable bonds is 8. The number of carbonyl (C=O) groups excluding carboxylic acids is 2. The molecule has 0 spiro atoms. The smallest absolute Gasteiger partial charge is 0.251 e. The molecule has 0 aliphatic rings. The lowest BCUT2D eigenvalue weighted by molar-refractivity contribution is -0.113. The number of nitrogens with zero attached hydrogens (tertiary/aromatic N) is 4. The standard InChI is InChI=1S/C19H21ClN6O2S2/c1-4-26-16(12(3)22-17(28)13-5-7-14(20)8-6-13)24-25-19(26)30-10-15(27)23-18-21-11(2)9-29-18/h5-9,12H,4,10H2,1-3H3,(H,22,28)(H,21,23,27)/t12-/m1/s1. The number of anilines is 1. The van der Waals surface area contributed by atoms with E-state index in [1.54, 1.807) is 24.3 Å². The fourth-order valence-electron chi connectivity index (χ4n) is 2.67. The molecule has 0 aliphatic carbocycles. The molecule has 0 saturated heterocycles. The molecule has 0 unspecified atom stereocenters. The van der Waals surface area contributed by atoms with Crippen molar-refractivity contribution in [3.63, 3.8) is 0 Å². The SMILES string of the molecule is CCn1c(SCC(=O)Nc2nc(C)cs2)nnc1[C@@H](C)NC(=O)c1ccc(Cl)cc1. The fourth-order valence-corrected chi connectivity index (χ4v) is 4.31. The van der Waals surface area contributed by atoms with Gasteiger partial charge in [-0.2, -0.15) is 0 Å². The summed E-state index contributed by atoms with van der Waals surface area (Å²) in [7, 11) is 0. The van der Waals surface area contributed by atoms with Crippen LogP contribution in [0.15, 0.2) is 34.8 Å². The number of benzene rings is 1. The number of halogens is 1. The van der Waals surface area contributed by atoms with Crippen molar-refractivity contribution in [2.75, 3.05) is 11.1 Å². The molecule has 1 atom stereocenters. The Bertz CT molecular complexity index is 1030. The molecule has 0 fully saturated rings. The number of carbonyl (C=O) groups is 2. The zero-order chi connectivity index (χ0) is 21.7. The maximum Gasteiger partial charge on any atom is 0.251 e. The summed E-state index contributed by atoms with van der Waals surface area (Å²) in [6, 6.07) is 6.31. The second kappa shape index (κ2) is 10.1. The summed E-state index contributed by atoms with van der Waals surface area (Å²) in [5.74, 6) is 0.420. The Morgan fingerprint density at radius 1 is 1.27 bits per heavy atom. The molecule has 2 aromatic heterocycles. The van der Waals surface area contributed by atoms with E-state index in [2.05, 4.69) is 25.8 Å². The summed E-state index contributed by atoms with van der Waals surface area (Å²) in [5, 5.41) is 17.8. The van der Waals surface area contributed by atoms with Crippen molar-refractivity contribution < 1.29 is 9.59 Å². The molecule has 11 heteroatoms. The van der Waals surface area contributed by atoms with Crippen molar-refractivity contribution in [2.45, 2.75) is 38.5 Å². The topological polar surface area (TPSA) is 102 Å². The summed E-state index contributed by atoms with van der Waals surface area (Å²) in [4.78, 5) is 28.9. The summed E-state index contributed by atoms with van der Waals surface area (Å²) in [5.41, 5.74) is 1.38. The van der Waals surface area contributed by atoms with Crippen LogP contribution in [-0.2, 0) is 11.3 Å². The van der Waals surface area contributed by atoms with Crippen LogP contribution in [0, 0.1) is 6.92 Å². The third-order valence-electron chi connectivity index (χ3n) is 4.10. The minimum atomic E-state index is -0.359. The fraction of sp³-hybridized carbons (Fsp3) is 0.316. The maximum atomic E-state index is 12.5. The average Bonchev–Trinajstić information content (AvgIpc) is 3.32. The molecule has 0 saturated carbocycles. The molecule has 3 rings (SSSR count). The number of amides is 2. The van der Waals surface area contributed by atoms with E-state index in [0.717, 1.165) is 5.69 Å². The molecule has 0 bridgehead atoms. The third-order valence-corrected chi connectivity index (χ3v) is 6.20. The van der Waals surface area contributed by atoms with Crippen LogP contribution in [-0.4, -0.2) is 37.3 Å². The number of nitrogens with one attached hydrogen (secondary N) is 2. The van der Waals surface area contributed by atoms with Gasteiger partial charge in [0.1, 0.15) is 0 Å². The van der Waals surface area contributed by atoms with Crippen molar-refractivity contribution in [1.82, 2.24) is 25.1 Å². The van der Waals surface area contributed by atoms with Gasteiger partial charge in [-0.3, -0.25) is 9.59 Å². The number of aryl methyl sites for hydroxylation is 1. The summed E-state index contributed by atoms with van der Waals surface area (Å²) >= 11 is 8.55. The Labute approximate surface area is 187 Å². The van der Waals surface area contributed by atoms with E-state index < -0.39 is 0 Å². The third kappa shape index (κ3) is 5.59. The van der Waals surface area contributed by atoms with Gasteiger partial charge in [-0.15, -0.1) is 21.5 Å². The van der Waals surface area contributed by atoms with Gasteiger partial charge in [0, 0.05) is 22.5 Å². The summed E-state index contributed by atoms with van der Waals surface area (Å²) in [6.07, 6.45) is 0. The van der Waals surface area contributed by atoms with Crippen LogP contribution in [0.1, 0.15) is 41.8 Å². The molecule has 8 nitrogen and oxygen atoms in total. The van der Waals surface area contributed by atoms with Gasteiger partial charge in [-0.25, -0.2) is 4.98 Å². The van der Waals surface area contributed by atoms with Crippen molar-refractivity contribution in [3.05, 3.63) is 51.7 Å². The molecule has 2 heterocycles. The first-order valence-electron chi connectivity index (χ1n) is 9.21. The number of hydrogen-bond donors (Lipinski definition) is 2. The number of thioether (sulfide) groups is 1. The van der Waals surface area contributed by atoms with E-state index in [0.29, 0.717) is 33.2 Å². The lowest BCUT2D eigenvalue weighted by Gasteiger charge is -2.15. The predicted molar refractivity (Wildman–Crippen MR) is 119 cm³/mol. The van der Waals surface area contributed by atoms with E-state index >= 15 is 0 Å². The number of thiazole rings is 1. The molecule has 30 heavy (non-hydrogen) atoms. The average molecular weight is 465 g/mol. The quantitative estimate of drug-likeness (QED) is 0.489. The molecule has 3 aromatic rings. The molecule has 2 N–H and O–H groups in total. The number of hydrogen-bond acceptors (Lipinski definition) is 7. The predicted octanol–water partition coefficient (Wildman–Crippen LogP) is 3.94. The largest absolute Gasteiger partial charge is 0.342 e. The Morgan fingerprint density at radius 3 is 2.63 bits per heavy atom. The van der Waals surface area contributed by atoms with Crippen molar-refractivity contribution >= 4 is 51.6 Å². The molecular weight excluding hydrogens is 444 g/mol. The first kappa shape index (κ1) is 22.3. The Balaban J connectivity index is 1.61. The highest BCUT2D eigenvalue weighted by molar-refractivity contribution is 7.99. The monoisotopic (exact) mass is 464 g/mol. The van der Waals surface area contributed by atoms with Crippen LogP contribution < -0.4 is 10.6 Å². The molecule has 0 radical (unpaired) electrons. The van der Waals surface area contributed by atoms with Gasteiger partial charge in [0.25, 0.3) is 5.91 Å². The van der Waals surface area contributed by atoms with E-state index in [-0.39, 0.29) is 23.6 Å². The molecular formula is C19H21ClN6O2S2. The molecule has 158 valence electrons. The van der Waals surface area contributed by atoms with Crippen LogP contribution in [0.5, 0.6) is 0 Å². The van der Waals surface area contributed by atoms with E-state index in [4.69, 9.17) is 11.6 Å². The van der Waals surface area contributed by atoms with Gasteiger partial charge >= 0.3 is 0 Å². The zero-order valence-corrected chi connectivity index (χ0v) is 19.1. The highest BCUT2D eigenvalue weighted by Crippen LogP contribution is 2.22. The number of aromatic nitrogens is 4. The highest BCUT2D eigenvalue weighted by atomic mass is 35.5. The van der Waals surface area contributed by atoms with Gasteiger partial charge < -0.3 is 15.2 Å². The van der Waals surface area contributed by atoms with Gasteiger partial charge in [0.15, 0.2) is 16.1 Å². The summed E-state index contributed by atoms with van der Waals surface area (Å²) in [6.45, 7) is 6.29. The maximum absolute atomic E-state index is 12.5. The normalized spacial score (nSPS) is 11.9.